The molecule has 0 fully saturated rings. The lowest BCUT2D eigenvalue weighted by Gasteiger charge is -2.10. The standard InChI is InChI=1S/C16H12O3/c17-12-7-9-13(10-8-12)19-15-6-2-4-11-3-1-5-14(18)16(11)15/h1-10,17-18H. The van der Waals surface area contributed by atoms with Crippen LogP contribution in [0.4, 0.5) is 0 Å². The summed E-state index contributed by atoms with van der Waals surface area (Å²) in [5, 5.41) is 20.8. The van der Waals surface area contributed by atoms with E-state index >= 15 is 0 Å². The van der Waals surface area contributed by atoms with Gasteiger partial charge in [-0.15, -0.1) is 0 Å². The van der Waals surface area contributed by atoms with Crippen LogP contribution in [0.25, 0.3) is 10.8 Å². The topological polar surface area (TPSA) is 49.7 Å². The third-order valence-electron chi connectivity index (χ3n) is 2.91. The molecule has 0 saturated carbocycles. The first-order valence-corrected chi connectivity index (χ1v) is 5.91. The van der Waals surface area contributed by atoms with Crippen molar-refractivity contribution in [2.45, 2.75) is 0 Å². The van der Waals surface area contributed by atoms with Crippen LogP contribution < -0.4 is 4.74 Å². The van der Waals surface area contributed by atoms with Crippen LogP contribution in [0.1, 0.15) is 0 Å². The molecule has 0 spiro atoms. The van der Waals surface area contributed by atoms with E-state index in [1.165, 1.54) is 0 Å². The molecule has 0 saturated heterocycles. The Morgan fingerprint density at radius 3 is 2.16 bits per heavy atom. The fourth-order valence-electron chi connectivity index (χ4n) is 2.01. The average Bonchev–Trinajstić information content (AvgIpc) is 2.42. The SMILES string of the molecule is Oc1ccc(Oc2cccc3cccc(O)c23)cc1. The van der Waals surface area contributed by atoms with Gasteiger partial charge in [0.1, 0.15) is 23.0 Å². The molecule has 3 rings (SSSR count). The Balaban J connectivity index is 2.08. The summed E-state index contributed by atoms with van der Waals surface area (Å²) < 4.78 is 5.76. The Morgan fingerprint density at radius 1 is 0.737 bits per heavy atom. The second kappa shape index (κ2) is 4.53. The Kier molecular flexibility index (Phi) is 2.72. The monoisotopic (exact) mass is 252 g/mol. The molecule has 0 bridgehead atoms. The molecule has 3 nitrogen and oxygen atoms in total. The molecule has 94 valence electrons. The summed E-state index contributed by atoms with van der Waals surface area (Å²) in [6.45, 7) is 0. The lowest BCUT2D eigenvalue weighted by molar-refractivity contribution is 0.460. The van der Waals surface area contributed by atoms with E-state index in [0.29, 0.717) is 16.9 Å². The van der Waals surface area contributed by atoms with Crippen molar-refractivity contribution in [1.82, 2.24) is 0 Å². The third kappa shape index (κ3) is 2.18. The van der Waals surface area contributed by atoms with E-state index in [1.54, 1.807) is 42.5 Å². The molecule has 3 aromatic carbocycles. The first-order chi connectivity index (χ1) is 9.24. The number of hydrogen-bond donors (Lipinski definition) is 2. The highest BCUT2D eigenvalue weighted by Crippen LogP contribution is 2.35. The van der Waals surface area contributed by atoms with Gasteiger partial charge in [-0.2, -0.15) is 0 Å². The highest BCUT2D eigenvalue weighted by molar-refractivity contribution is 5.93. The van der Waals surface area contributed by atoms with Gasteiger partial charge in [-0.05, 0) is 41.8 Å². The molecule has 3 aromatic rings. The maximum Gasteiger partial charge on any atom is 0.138 e. The molecule has 0 atom stereocenters. The lowest BCUT2D eigenvalue weighted by Crippen LogP contribution is -1.86. The van der Waals surface area contributed by atoms with Crippen LogP contribution in [-0.2, 0) is 0 Å². The summed E-state index contributed by atoms with van der Waals surface area (Å²) in [5.41, 5.74) is 0. The minimum Gasteiger partial charge on any atom is -0.508 e. The van der Waals surface area contributed by atoms with Crippen LogP contribution in [-0.4, -0.2) is 10.2 Å². The summed E-state index contributed by atoms with van der Waals surface area (Å²) in [5.74, 6) is 1.56. The lowest BCUT2D eigenvalue weighted by atomic mass is 10.1. The largest absolute Gasteiger partial charge is 0.508 e. The zero-order chi connectivity index (χ0) is 13.2. The van der Waals surface area contributed by atoms with Crippen molar-refractivity contribution in [3.63, 3.8) is 0 Å². The minimum atomic E-state index is 0.187. The van der Waals surface area contributed by atoms with E-state index in [0.717, 1.165) is 5.39 Å². The Bertz CT molecular complexity index is 712. The van der Waals surface area contributed by atoms with Crippen LogP contribution >= 0.6 is 0 Å². The van der Waals surface area contributed by atoms with Gasteiger partial charge in [0.25, 0.3) is 0 Å². The zero-order valence-electron chi connectivity index (χ0n) is 10.1. The number of benzene rings is 3. The molecule has 0 aliphatic rings. The summed E-state index contributed by atoms with van der Waals surface area (Å²) in [6, 6.07) is 17.4. The molecular weight excluding hydrogens is 240 g/mol. The van der Waals surface area contributed by atoms with Crippen molar-refractivity contribution in [3.8, 4) is 23.0 Å². The molecule has 2 N–H and O–H groups in total. The van der Waals surface area contributed by atoms with Crippen molar-refractivity contribution in [1.29, 1.82) is 0 Å². The zero-order valence-corrected chi connectivity index (χ0v) is 10.1. The van der Waals surface area contributed by atoms with Crippen LogP contribution in [0.5, 0.6) is 23.0 Å². The number of fused-ring (bicyclic) bond motifs is 1. The van der Waals surface area contributed by atoms with E-state index in [1.807, 2.05) is 18.2 Å². The van der Waals surface area contributed by atoms with Gasteiger partial charge in [-0.3, -0.25) is 0 Å². The number of ether oxygens (including phenoxy) is 1. The number of hydrogen-bond acceptors (Lipinski definition) is 3. The van der Waals surface area contributed by atoms with Gasteiger partial charge in [0.05, 0.1) is 5.39 Å². The molecule has 0 unspecified atom stereocenters. The summed E-state index contributed by atoms with van der Waals surface area (Å²) >= 11 is 0. The molecule has 0 aromatic heterocycles. The van der Waals surface area contributed by atoms with Crippen LogP contribution in [0.2, 0.25) is 0 Å². The van der Waals surface area contributed by atoms with Gasteiger partial charge in [0.15, 0.2) is 0 Å². The van der Waals surface area contributed by atoms with Crippen molar-refractivity contribution in [2.24, 2.45) is 0 Å². The number of phenols is 2. The first-order valence-electron chi connectivity index (χ1n) is 5.91. The Labute approximate surface area is 110 Å². The third-order valence-corrected chi connectivity index (χ3v) is 2.91. The molecule has 19 heavy (non-hydrogen) atoms. The molecular formula is C16H12O3. The van der Waals surface area contributed by atoms with Crippen LogP contribution in [0.15, 0.2) is 60.7 Å². The van der Waals surface area contributed by atoms with E-state index in [4.69, 9.17) is 4.74 Å². The van der Waals surface area contributed by atoms with Crippen molar-refractivity contribution in [2.75, 3.05) is 0 Å². The van der Waals surface area contributed by atoms with Crippen LogP contribution in [0, 0.1) is 0 Å². The van der Waals surface area contributed by atoms with Gasteiger partial charge in [-0.25, -0.2) is 0 Å². The average molecular weight is 252 g/mol. The molecule has 0 heterocycles. The quantitative estimate of drug-likeness (QED) is 0.723. The van der Waals surface area contributed by atoms with E-state index in [2.05, 4.69) is 0 Å². The van der Waals surface area contributed by atoms with Crippen LogP contribution in [0.3, 0.4) is 0 Å². The van der Waals surface area contributed by atoms with Crippen molar-refractivity contribution < 1.29 is 14.9 Å². The highest BCUT2D eigenvalue weighted by atomic mass is 16.5. The molecule has 3 heteroatoms. The fourth-order valence-corrected chi connectivity index (χ4v) is 2.01. The van der Waals surface area contributed by atoms with Gasteiger partial charge < -0.3 is 14.9 Å². The van der Waals surface area contributed by atoms with Crippen molar-refractivity contribution in [3.05, 3.63) is 60.7 Å². The second-order valence-electron chi connectivity index (χ2n) is 4.23. The van der Waals surface area contributed by atoms with E-state index < -0.39 is 0 Å². The van der Waals surface area contributed by atoms with Gasteiger partial charge in [-0.1, -0.05) is 24.3 Å². The molecule has 0 aliphatic carbocycles. The maximum absolute atomic E-state index is 9.95. The summed E-state index contributed by atoms with van der Waals surface area (Å²) in [7, 11) is 0. The number of phenolic OH excluding ortho intramolecular Hbond substituents is 2. The summed E-state index contributed by atoms with van der Waals surface area (Å²) in [4.78, 5) is 0. The fraction of sp³-hybridized carbons (Fsp3) is 0. The Hall–Kier alpha value is -2.68. The van der Waals surface area contributed by atoms with Gasteiger partial charge in [0, 0.05) is 0 Å². The molecule has 0 amide bonds. The normalized spacial score (nSPS) is 10.5. The van der Waals surface area contributed by atoms with Gasteiger partial charge >= 0.3 is 0 Å². The van der Waals surface area contributed by atoms with Gasteiger partial charge in [0.2, 0.25) is 0 Å². The second-order valence-corrected chi connectivity index (χ2v) is 4.23. The smallest absolute Gasteiger partial charge is 0.138 e. The first kappa shape index (κ1) is 11.4. The maximum atomic E-state index is 9.95. The predicted octanol–water partition coefficient (Wildman–Crippen LogP) is 4.04. The molecule has 0 aliphatic heterocycles. The molecule has 0 radical (unpaired) electrons. The number of rotatable bonds is 2. The number of aromatic hydroxyl groups is 2. The Morgan fingerprint density at radius 2 is 1.42 bits per heavy atom. The van der Waals surface area contributed by atoms with Crippen molar-refractivity contribution >= 4 is 10.8 Å². The highest BCUT2D eigenvalue weighted by Gasteiger charge is 2.07. The van der Waals surface area contributed by atoms with E-state index in [-0.39, 0.29) is 11.5 Å². The van der Waals surface area contributed by atoms with E-state index in [9.17, 15) is 10.2 Å². The minimum absolute atomic E-state index is 0.187. The predicted molar refractivity (Wildman–Crippen MR) is 73.8 cm³/mol. The summed E-state index contributed by atoms with van der Waals surface area (Å²) in [6.07, 6.45) is 0.